The molecule has 0 saturated heterocycles. The molecule has 2 heteroatoms. The second-order valence-corrected chi connectivity index (χ2v) is 10.2. The maximum Gasteiger partial charge on any atom is 0.126 e. The lowest BCUT2D eigenvalue weighted by atomic mass is 9.60. The molecule has 29 heavy (non-hydrogen) atoms. The molecule has 0 bridgehead atoms. The molecule has 2 nitrogen and oxygen atoms in total. The predicted molar refractivity (Wildman–Crippen MR) is 121 cm³/mol. The minimum Gasteiger partial charge on any atom is -0.303 e. The lowest BCUT2D eigenvalue weighted by Crippen LogP contribution is -2.40. The molecule has 2 aromatic rings. The molecule has 0 radical (unpaired) electrons. The third-order valence-electron chi connectivity index (χ3n) is 6.10. The van der Waals surface area contributed by atoms with Gasteiger partial charge in [-0.1, -0.05) is 97.0 Å². The zero-order valence-corrected chi connectivity index (χ0v) is 19.1. The molecule has 0 aliphatic heterocycles. The fourth-order valence-corrected chi connectivity index (χ4v) is 4.45. The molecular formula is C27H36O2. The van der Waals surface area contributed by atoms with Crippen LogP contribution < -0.4 is 0 Å². The van der Waals surface area contributed by atoms with Crippen molar-refractivity contribution in [3.05, 3.63) is 70.8 Å². The number of carbonyl (C=O) groups is 2. The fraction of sp³-hybridized carbons (Fsp3) is 0.481. The van der Waals surface area contributed by atoms with Crippen LogP contribution in [0, 0.1) is 10.8 Å². The zero-order valence-electron chi connectivity index (χ0n) is 19.1. The summed E-state index contributed by atoms with van der Waals surface area (Å²) >= 11 is 0. The van der Waals surface area contributed by atoms with Gasteiger partial charge in [-0.2, -0.15) is 0 Å². The summed E-state index contributed by atoms with van der Waals surface area (Å²) in [5.74, 6) is -0.210. The van der Waals surface area contributed by atoms with Gasteiger partial charge in [-0.15, -0.1) is 0 Å². The third-order valence-corrected chi connectivity index (χ3v) is 6.10. The van der Waals surface area contributed by atoms with Gasteiger partial charge >= 0.3 is 0 Å². The van der Waals surface area contributed by atoms with E-state index in [-0.39, 0.29) is 11.3 Å². The Kier molecular flexibility index (Phi) is 6.88. The first-order chi connectivity index (χ1) is 13.5. The lowest BCUT2D eigenvalue weighted by Gasteiger charge is -2.41. The fourth-order valence-electron chi connectivity index (χ4n) is 4.45. The van der Waals surface area contributed by atoms with E-state index in [0.29, 0.717) is 6.42 Å². The molecule has 2 rings (SSSR count). The number of rotatable bonds is 8. The molecule has 0 aliphatic rings. The van der Waals surface area contributed by atoms with Crippen LogP contribution in [0.1, 0.15) is 76.6 Å². The molecule has 156 valence electrons. The highest BCUT2D eigenvalue weighted by molar-refractivity contribution is 5.68. The van der Waals surface area contributed by atoms with E-state index in [1.54, 1.807) is 0 Å². The van der Waals surface area contributed by atoms with E-state index >= 15 is 0 Å². The molecule has 0 amide bonds. The third kappa shape index (κ3) is 5.23. The molecular weight excluding hydrogens is 356 g/mol. The van der Waals surface area contributed by atoms with E-state index < -0.39 is 10.8 Å². The summed E-state index contributed by atoms with van der Waals surface area (Å²) in [5.41, 5.74) is 3.42. The summed E-state index contributed by atoms with van der Waals surface area (Å²) in [7, 11) is 0. The first kappa shape index (κ1) is 23.1. The van der Waals surface area contributed by atoms with Crippen LogP contribution in [0.3, 0.4) is 0 Å². The van der Waals surface area contributed by atoms with Crippen LogP contribution in [0.25, 0.3) is 0 Å². The minimum absolute atomic E-state index is 0.0928. The van der Waals surface area contributed by atoms with Crippen molar-refractivity contribution in [3.63, 3.8) is 0 Å². The molecule has 0 aromatic heterocycles. The summed E-state index contributed by atoms with van der Waals surface area (Å²) < 4.78 is 0. The number of hydrogen-bond acceptors (Lipinski definition) is 2. The topological polar surface area (TPSA) is 34.1 Å². The van der Waals surface area contributed by atoms with Gasteiger partial charge in [-0.25, -0.2) is 0 Å². The Bertz CT molecular complexity index is 822. The summed E-state index contributed by atoms with van der Waals surface area (Å²) in [6.45, 7) is 14.6. The number of aldehydes is 2. The number of carbonyl (C=O) groups excluding carboxylic acids is 2. The first-order valence-electron chi connectivity index (χ1n) is 10.6. The molecule has 2 unspecified atom stereocenters. The lowest BCUT2D eigenvalue weighted by molar-refractivity contribution is -0.123. The van der Waals surface area contributed by atoms with Crippen molar-refractivity contribution in [2.45, 2.75) is 72.6 Å². The maximum absolute atomic E-state index is 12.4. The van der Waals surface area contributed by atoms with E-state index in [1.807, 2.05) is 20.8 Å². The molecule has 2 atom stereocenters. The Balaban J connectivity index is 2.47. The molecule has 0 aliphatic carbocycles. The monoisotopic (exact) mass is 392 g/mol. The number of aryl methyl sites for hydroxylation is 1. The summed E-state index contributed by atoms with van der Waals surface area (Å²) in [4.78, 5) is 24.5. The molecule has 0 spiro atoms. The second-order valence-electron chi connectivity index (χ2n) is 10.2. The summed E-state index contributed by atoms with van der Waals surface area (Å²) in [6, 6.07) is 16.9. The quantitative estimate of drug-likeness (QED) is 0.494. The standard InChI is InChI=1S/C27H36O2/c1-8-20-9-13-22(14-10-20)24(26(5,6)18-28)27(7,19-29)17-21-11-15-23(16-12-21)25(2,3)4/h9-16,18-19,24H,8,17H2,1-7H3. The van der Waals surface area contributed by atoms with Crippen LogP contribution in [-0.2, 0) is 27.8 Å². The Morgan fingerprint density at radius 3 is 1.69 bits per heavy atom. The van der Waals surface area contributed by atoms with Gasteiger partial charge in [0, 0.05) is 16.7 Å². The van der Waals surface area contributed by atoms with Crippen molar-refractivity contribution in [3.8, 4) is 0 Å². The molecule has 0 saturated carbocycles. The predicted octanol–water partition coefficient (Wildman–Crippen LogP) is 6.30. The Labute approximate surface area is 176 Å². The van der Waals surface area contributed by atoms with Gasteiger partial charge in [-0.3, -0.25) is 0 Å². The largest absolute Gasteiger partial charge is 0.303 e. The molecule has 0 fully saturated rings. The number of benzene rings is 2. The van der Waals surface area contributed by atoms with Crippen molar-refractivity contribution in [2.24, 2.45) is 10.8 Å². The van der Waals surface area contributed by atoms with E-state index in [4.69, 9.17) is 0 Å². The van der Waals surface area contributed by atoms with E-state index in [9.17, 15) is 9.59 Å². The highest BCUT2D eigenvalue weighted by Crippen LogP contribution is 2.47. The van der Waals surface area contributed by atoms with Gasteiger partial charge in [0.1, 0.15) is 12.6 Å². The molecule has 0 heterocycles. The van der Waals surface area contributed by atoms with Crippen molar-refractivity contribution in [1.82, 2.24) is 0 Å². The average Bonchev–Trinajstić information content (AvgIpc) is 2.68. The Hall–Kier alpha value is -2.22. The van der Waals surface area contributed by atoms with Crippen LogP contribution in [0.2, 0.25) is 0 Å². The van der Waals surface area contributed by atoms with Crippen LogP contribution >= 0.6 is 0 Å². The highest BCUT2D eigenvalue weighted by Gasteiger charge is 2.44. The Morgan fingerprint density at radius 2 is 1.28 bits per heavy atom. The minimum atomic E-state index is -0.693. The van der Waals surface area contributed by atoms with Gasteiger partial charge in [0.2, 0.25) is 0 Å². The van der Waals surface area contributed by atoms with Crippen molar-refractivity contribution < 1.29 is 9.59 Å². The maximum atomic E-state index is 12.4. The average molecular weight is 393 g/mol. The van der Waals surface area contributed by atoms with Gasteiger partial charge in [0.05, 0.1) is 0 Å². The van der Waals surface area contributed by atoms with Gasteiger partial charge < -0.3 is 9.59 Å². The van der Waals surface area contributed by atoms with E-state index in [2.05, 4.69) is 76.2 Å². The van der Waals surface area contributed by atoms with Gasteiger partial charge in [0.25, 0.3) is 0 Å². The zero-order chi connectivity index (χ0) is 21.9. The van der Waals surface area contributed by atoms with Crippen molar-refractivity contribution >= 4 is 12.6 Å². The van der Waals surface area contributed by atoms with E-state index in [0.717, 1.165) is 30.1 Å². The number of hydrogen-bond donors (Lipinski definition) is 0. The first-order valence-corrected chi connectivity index (χ1v) is 10.6. The van der Waals surface area contributed by atoms with Crippen molar-refractivity contribution in [2.75, 3.05) is 0 Å². The SMILES string of the molecule is CCc1ccc(C(C(C)(C)C=O)C(C)(C=O)Cc2ccc(C(C)(C)C)cc2)cc1. The molecule has 0 N–H and O–H groups in total. The second kappa shape index (κ2) is 8.65. The van der Waals surface area contributed by atoms with Crippen molar-refractivity contribution in [1.29, 1.82) is 0 Å². The summed E-state index contributed by atoms with van der Waals surface area (Å²) in [5, 5.41) is 0. The van der Waals surface area contributed by atoms with Gasteiger partial charge in [-0.05, 0) is 40.5 Å². The summed E-state index contributed by atoms with van der Waals surface area (Å²) in [6.07, 6.45) is 3.61. The van der Waals surface area contributed by atoms with Crippen LogP contribution in [-0.4, -0.2) is 12.6 Å². The van der Waals surface area contributed by atoms with Crippen LogP contribution in [0.5, 0.6) is 0 Å². The van der Waals surface area contributed by atoms with Crippen LogP contribution in [0.4, 0.5) is 0 Å². The highest BCUT2D eigenvalue weighted by atomic mass is 16.1. The normalized spacial score (nSPS) is 15.4. The Morgan fingerprint density at radius 1 is 0.759 bits per heavy atom. The van der Waals surface area contributed by atoms with Gasteiger partial charge in [0.15, 0.2) is 0 Å². The van der Waals surface area contributed by atoms with Crippen LogP contribution in [0.15, 0.2) is 48.5 Å². The van der Waals surface area contributed by atoms with E-state index in [1.165, 1.54) is 11.1 Å². The molecule has 2 aromatic carbocycles. The smallest absolute Gasteiger partial charge is 0.126 e.